The zero-order valence-corrected chi connectivity index (χ0v) is 21.6. The van der Waals surface area contributed by atoms with Gasteiger partial charge in [-0.05, 0) is 49.8 Å². The Morgan fingerprint density at radius 3 is 2.61 bits per heavy atom. The van der Waals surface area contributed by atoms with Crippen molar-refractivity contribution in [1.29, 1.82) is 0 Å². The molecular formula is C23H40IN5O2. The van der Waals surface area contributed by atoms with Gasteiger partial charge in [0, 0.05) is 39.3 Å². The number of likely N-dealkylation sites (tertiary alicyclic amines) is 1. The van der Waals surface area contributed by atoms with E-state index in [1.807, 2.05) is 19.2 Å². The van der Waals surface area contributed by atoms with Crippen LogP contribution in [0.25, 0.3) is 0 Å². The van der Waals surface area contributed by atoms with Gasteiger partial charge in [-0.25, -0.2) is 0 Å². The van der Waals surface area contributed by atoms with Crippen LogP contribution in [0.5, 0.6) is 5.75 Å². The average Bonchev–Trinajstić information content (AvgIpc) is 2.77. The van der Waals surface area contributed by atoms with Crippen molar-refractivity contribution in [2.75, 3.05) is 46.4 Å². The standard InChI is InChI=1S/C23H39N5O2.HI/c1-4-12-25-22(29)18-28-14-10-20(11-15-28)27-23(24-3)26-13-9-19-7-6-8-21(17-19)30-16-5-2;/h6-8,17,20H,4-5,9-16,18H2,1-3H3,(H,25,29)(H2,24,26,27);1H. The normalized spacial score (nSPS) is 15.1. The van der Waals surface area contributed by atoms with Crippen LogP contribution in [-0.2, 0) is 11.2 Å². The van der Waals surface area contributed by atoms with E-state index in [2.05, 4.69) is 51.8 Å². The summed E-state index contributed by atoms with van der Waals surface area (Å²) in [5.41, 5.74) is 1.25. The van der Waals surface area contributed by atoms with Crippen LogP contribution < -0.4 is 20.7 Å². The first kappa shape index (κ1) is 27.5. The minimum Gasteiger partial charge on any atom is -0.494 e. The Bertz CT molecular complexity index is 663. The Kier molecular flexibility index (Phi) is 14.3. The number of hydrogen-bond donors (Lipinski definition) is 3. The summed E-state index contributed by atoms with van der Waals surface area (Å²) in [5, 5.41) is 9.89. The van der Waals surface area contributed by atoms with E-state index >= 15 is 0 Å². The van der Waals surface area contributed by atoms with Gasteiger partial charge in [0.15, 0.2) is 5.96 Å². The largest absolute Gasteiger partial charge is 0.494 e. The predicted octanol–water partition coefficient (Wildman–Crippen LogP) is 2.79. The number of benzene rings is 1. The molecule has 0 aromatic heterocycles. The lowest BCUT2D eigenvalue weighted by atomic mass is 10.1. The fourth-order valence-corrected chi connectivity index (χ4v) is 3.48. The number of rotatable bonds is 11. The second-order valence-corrected chi connectivity index (χ2v) is 7.79. The molecule has 1 saturated heterocycles. The molecule has 1 heterocycles. The topological polar surface area (TPSA) is 78.0 Å². The molecule has 1 aromatic rings. The Morgan fingerprint density at radius 2 is 1.94 bits per heavy atom. The van der Waals surface area contributed by atoms with Gasteiger partial charge in [-0.1, -0.05) is 26.0 Å². The van der Waals surface area contributed by atoms with Crippen LogP contribution in [0.3, 0.4) is 0 Å². The number of carbonyl (C=O) groups excluding carboxylic acids is 1. The Balaban J connectivity index is 0.00000480. The SMILES string of the molecule is CCCNC(=O)CN1CCC(NC(=NC)NCCc2cccc(OCCC)c2)CC1.I. The van der Waals surface area contributed by atoms with Crippen molar-refractivity contribution >= 4 is 35.8 Å². The highest BCUT2D eigenvalue weighted by molar-refractivity contribution is 14.0. The molecule has 0 aliphatic carbocycles. The summed E-state index contributed by atoms with van der Waals surface area (Å²) in [6.45, 7) is 8.86. The van der Waals surface area contributed by atoms with E-state index in [0.29, 0.717) is 12.6 Å². The molecular weight excluding hydrogens is 505 g/mol. The van der Waals surface area contributed by atoms with Gasteiger partial charge in [0.25, 0.3) is 0 Å². The fourth-order valence-electron chi connectivity index (χ4n) is 3.48. The monoisotopic (exact) mass is 545 g/mol. The van der Waals surface area contributed by atoms with Crippen molar-refractivity contribution in [2.45, 2.75) is 52.0 Å². The van der Waals surface area contributed by atoms with Crippen LogP contribution in [0.1, 0.15) is 45.1 Å². The van der Waals surface area contributed by atoms with E-state index in [9.17, 15) is 4.79 Å². The molecule has 1 amide bonds. The smallest absolute Gasteiger partial charge is 0.234 e. The van der Waals surface area contributed by atoms with Crippen LogP contribution >= 0.6 is 24.0 Å². The minimum atomic E-state index is 0. The molecule has 0 radical (unpaired) electrons. The molecule has 0 atom stereocenters. The average molecular weight is 546 g/mol. The molecule has 1 aliphatic rings. The van der Waals surface area contributed by atoms with Crippen molar-refractivity contribution < 1.29 is 9.53 Å². The molecule has 176 valence electrons. The van der Waals surface area contributed by atoms with Gasteiger partial charge in [-0.3, -0.25) is 14.7 Å². The molecule has 0 unspecified atom stereocenters. The molecule has 1 fully saturated rings. The first-order valence-corrected chi connectivity index (χ1v) is 11.3. The quantitative estimate of drug-likeness (QED) is 0.227. The maximum absolute atomic E-state index is 11.9. The third-order valence-corrected chi connectivity index (χ3v) is 5.17. The number of amides is 1. The van der Waals surface area contributed by atoms with Crippen molar-refractivity contribution in [3.63, 3.8) is 0 Å². The van der Waals surface area contributed by atoms with Crippen LogP contribution in [0.2, 0.25) is 0 Å². The molecule has 3 N–H and O–H groups in total. The molecule has 2 rings (SSSR count). The molecule has 1 aliphatic heterocycles. The number of halogens is 1. The number of piperidine rings is 1. The molecule has 0 spiro atoms. The summed E-state index contributed by atoms with van der Waals surface area (Å²) in [5.74, 6) is 1.91. The predicted molar refractivity (Wildman–Crippen MR) is 139 cm³/mol. The van der Waals surface area contributed by atoms with Crippen molar-refractivity contribution in [3.05, 3.63) is 29.8 Å². The summed E-state index contributed by atoms with van der Waals surface area (Å²) in [4.78, 5) is 18.5. The van der Waals surface area contributed by atoms with Crippen LogP contribution in [0.15, 0.2) is 29.3 Å². The number of ether oxygens (including phenoxy) is 1. The second kappa shape index (κ2) is 16.1. The summed E-state index contributed by atoms with van der Waals surface area (Å²) in [7, 11) is 1.81. The van der Waals surface area contributed by atoms with Gasteiger partial charge >= 0.3 is 0 Å². The summed E-state index contributed by atoms with van der Waals surface area (Å²) in [6, 6.07) is 8.68. The highest BCUT2D eigenvalue weighted by atomic mass is 127. The van der Waals surface area contributed by atoms with Gasteiger partial charge in [-0.15, -0.1) is 24.0 Å². The van der Waals surface area contributed by atoms with Gasteiger partial charge < -0.3 is 20.7 Å². The number of nitrogens with one attached hydrogen (secondary N) is 3. The zero-order valence-electron chi connectivity index (χ0n) is 19.3. The highest BCUT2D eigenvalue weighted by Gasteiger charge is 2.21. The van der Waals surface area contributed by atoms with Crippen molar-refractivity contribution in [3.8, 4) is 5.75 Å². The van der Waals surface area contributed by atoms with E-state index in [0.717, 1.165) is 76.6 Å². The van der Waals surface area contributed by atoms with Gasteiger partial charge in [0.2, 0.25) is 5.91 Å². The van der Waals surface area contributed by atoms with Crippen molar-refractivity contribution in [2.24, 2.45) is 4.99 Å². The molecule has 31 heavy (non-hydrogen) atoms. The molecule has 0 bridgehead atoms. The van der Waals surface area contributed by atoms with E-state index in [-0.39, 0.29) is 29.9 Å². The first-order chi connectivity index (χ1) is 14.6. The van der Waals surface area contributed by atoms with Crippen LogP contribution in [0.4, 0.5) is 0 Å². The highest BCUT2D eigenvalue weighted by Crippen LogP contribution is 2.14. The Labute approximate surface area is 204 Å². The lowest BCUT2D eigenvalue weighted by Crippen LogP contribution is -2.50. The third-order valence-electron chi connectivity index (χ3n) is 5.17. The number of guanidine groups is 1. The summed E-state index contributed by atoms with van der Waals surface area (Å²) >= 11 is 0. The molecule has 0 saturated carbocycles. The van der Waals surface area contributed by atoms with Gasteiger partial charge in [-0.2, -0.15) is 0 Å². The summed E-state index contributed by atoms with van der Waals surface area (Å²) < 4.78 is 5.71. The Morgan fingerprint density at radius 1 is 1.16 bits per heavy atom. The maximum Gasteiger partial charge on any atom is 0.234 e. The molecule has 1 aromatic carbocycles. The third kappa shape index (κ3) is 11.0. The van der Waals surface area contributed by atoms with Crippen LogP contribution in [-0.4, -0.2) is 69.2 Å². The van der Waals surface area contributed by atoms with E-state index in [4.69, 9.17) is 4.74 Å². The number of carbonyl (C=O) groups is 1. The number of aliphatic imine (C=N–C) groups is 1. The number of hydrogen-bond acceptors (Lipinski definition) is 4. The fraction of sp³-hybridized carbons (Fsp3) is 0.652. The summed E-state index contributed by atoms with van der Waals surface area (Å²) in [6.07, 6.45) is 4.92. The first-order valence-electron chi connectivity index (χ1n) is 11.3. The minimum absolute atomic E-state index is 0. The lowest BCUT2D eigenvalue weighted by molar-refractivity contribution is -0.122. The van der Waals surface area contributed by atoms with Crippen molar-refractivity contribution in [1.82, 2.24) is 20.9 Å². The maximum atomic E-state index is 11.9. The zero-order chi connectivity index (χ0) is 21.6. The molecule has 7 nitrogen and oxygen atoms in total. The van der Waals surface area contributed by atoms with Gasteiger partial charge in [0.05, 0.1) is 13.2 Å². The lowest BCUT2D eigenvalue weighted by Gasteiger charge is -2.32. The second-order valence-electron chi connectivity index (χ2n) is 7.79. The Hall–Kier alpha value is -1.55. The van der Waals surface area contributed by atoms with E-state index in [1.165, 1.54) is 5.56 Å². The number of nitrogens with zero attached hydrogens (tertiary/aromatic N) is 2. The van der Waals surface area contributed by atoms with Crippen LogP contribution in [0, 0.1) is 0 Å². The van der Waals surface area contributed by atoms with E-state index in [1.54, 1.807) is 0 Å². The molecule has 8 heteroatoms. The van der Waals surface area contributed by atoms with E-state index < -0.39 is 0 Å². The van der Waals surface area contributed by atoms with Gasteiger partial charge in [0.1, 0.15) is 5.75 Å².